The summed E-state index contributed by atoms with van der Waals surface area (Å²) in [4.78, 5) is 14.0. The van der Waals surface area contributed by atoms with Crippen LogP contribution >= 0.6 is 0 Å². The average Bonchev–Trinajstić information content (AvgIpc) is 2.34. The van der Waals surface area contributed by atoms with Crippen LogP contribution in [0.5, 0.6) is 0 Å². The lowest BCUT2D eigenvalue weighted by Crippen LogP contribution is -2.52. The van der Waals surface area contributed by atoms with E-state index in [9.17, 15) is 9.90 Å². The molecule has 1 aliphatic carbocycles. The molecule has 2 aliphatic rings. The predicted octanol–water partition coefficient (Wildman–Crippen LogP) is 2.40. The third-order valence-corrected chi connectivity index (χ3v) is 4.00. The molecule has 0 aromatic heterocycles. The van der Waals surface area contributed by atoms with Gasteiger partial charge in [0.25, 0.3) is 0 Å². The molecule has 3 unspecified atom stereocenters. The molecule has 2 rings (SSSR count). The van der Waals surface area contributed by atoms with Gasteiger partial charge in [-0.15, -0.1) is 0 Å². The van der Waals surface area contributed by atoms with Gasteiger partial charge in [0.05, 0.1) is 11.6 Å². The molecule has 2 fully saturated rings. The summed E-state index contributed by atoms with van der Waals surface area (Å²) >= 11 is 0. The Hall–Kier alpha value is -0.770. The summed E-state index contributed by atoms with van der Waals surface area (Å²) in [5.41, 5.74) is -1.35. The molecule has 1 heterocycles. The molecule has 3 atom stereocenters. The number of carbonyl (C=O) groups is 1. The first-order valence-corrected chi connectivity index (χ1v) is 6.81. The van der Waals surface area contributed by atoms with Crippen LogP contribution in [0.25, 0.3) is 0 Å². The van der Waals surface area contributed by atoms with Crippen molar-refractivity contribution in [3.8, 4) is 0 Å². The van der Waals surface area contributed by atoms with E-state index in [2.05, 4.69) is 0 Å². The van der Waals surface area contributed by atoms with Crippen LogP contribution in [0, 0.1) is 11.8 Å². The highest BCUT2D eigenvalue weighted by molar-refractivity contribution is 5.69. The van der Waals surface area contributed by atoms with Crippen LogP contribution in [0.3, 0.4) is 0 Å². The Morgan fingerprint density at radius 3 is 2.22 bits per heavy atom. The number of hydrogen-bond acceptors (Lipinski definition) is 3. The molecule has 0 spiro atoms. The number of ether oxygens (including phenoxy) is 1. The van der Waals surface area contributed by atoms with E-state index in [1.165, 1.54) is 0 Å². The summed E-state index contributed by atoms with van der Waals surface area (Å²) in [6.45, 7) is 9.91. The third-order valence-electron chi connectivity index (χ3n) is 4.00. The van der Waals surface area contributed by atoms with Gasteiger partial charge in [-0.3, -0.25) is 0 Å². The lowest BCUT2D eigenvalue weighted by molar-refractivity contribution is -0.0405. The molecule has 1 amide bonds. The Balaban J connectivity index is 2.13. The lowest BCUT2D eigenvalue weighted by Gasteiger charge is -2.40. The zero-order valence-electron chi connectivity index (χ0n) is 12.1. The molecule has 1 aliphatic heterocycles. The van der Waals surface area contributed by atoms with Gasteiger partial charge in [0.2, 0.25) is 0 Å². The molecule has 1 saturated carbocycles. The molecule has 0 radical (unpaired) electrons. The van der Waals surface area contributed by atoms with Crippen molar-refractivity contribution in [1.29, 1.82) is 0 Å². The van der Waals surface area contributed by atoms with Crippen molar-refractivity contribution in [3.63, 3.8) is 0 Å². The molecule has 1 saturated heterocycles. The van der Waals surface area contributed by atoms with E-state index in [1.54, 1.807) is 18.7 Å². The van der Waals surface area contributed by atoms with Crippen LogP contribution < -0.4 is 0 Å². The average molecular weight is 255 g/mol. The molecule has 104 valence electrons. The predicted molar refractivity (Wildman–Crippen MR) is 69.2 cm³/mol. The second kappa shape index (κ2) is 4.12. The quantitative estimate of drug-likeness (QED) is 0.782. The second-order valence-electron chi connectivity index (χ2n) is 7.23. The van der Waals surface area contributed by atoms with Gasteiger partial charge in [-0.2, -0.15) is 0 Å². The first-order valence-electron chi connectivity index (χ1n) is 6.81. The van der Waals surface area contributed by atoms with Gasteiger partial charge in [-0.05, 0) is 59.3 Å². The molecule has 18 heavy (non-hydrogen) atoms. The fraction of sp³-hybridized carbons (Fsp3) is 0.929. The summed E-state index contributed by atoms with van der Waals surface area (Å²) < 4.78 is 5.45. The molecule has 0 aromatic rings. The minimum absolute atomic E-state index is 0.105. The fourth-order valence-corrected chi connectivity index (χ4v) is 3.25. The number of fused-ring (bicyclic) bond motifs is 1. The van der Waals surface area contributed by atoms with Gasteiger partial charge in [-0.25, -0.2) is 4.79 Å². The second-order valence-corrected chi connectivity index (χ2v) is 7.23. The highest BCUT2D eigenvalue weighted by atomic mass is 16.6. The summed E-state index contributed by atoms with van der Waals surface area (Å²) in [6.07, 6.45) is 1.99. The highest BCUT2D eigenvalue weighted by Crippen LogP contribution is 2.48. The molecule has 4 nitrogen and oxygen atoms in total. The van der Waals surface area contributed by atoms with Gasteiger partial charge >= 0.3 is 6.09 Å². The van der Waals surface area contributed by atoms with Gasteiger partial charge in [0.15, 0.2) is 0 Å². The number of rotatable bonds is 1. The standard InChI is InChI=1S/C14H25NO3/c1-13(2,3)18-12(16)15-8-9-6-7-10(9)11(15)14(4,5)17/h9-11,17H,6-8H2,1-5H3. The smallest absolute Gasteiger partial charge is 0.410 e. The molecular weight excluding hydrogens is 230 g/mol. The zero-order chi connectivity index (χ0) is 13.7. The van der Waals surface area contributed by atoms with Gasteiger partial charge < -0.3 is 14.7 Å². The fourth-order valence-electron chi connectivity index (χ4n) is 3.25. The van der Waals surface area contributed by atoms with Crippen LogP contribution in [-0.2, 0) is 4.74 Å². The van der Waals surface area contributed by atoms with Gasteiger partial charge in [0.1, 0.15) is 5.60 Å². The number of carbonyl (C=O) groups excluding carboxylic acids is 1. The molecule has 0 aromatic carbocycles. The van der Waals surface area contributed by atoms with Crippen molar-refractivity contribution >= 4 is 6.09 Å². The van der Waals surface area contributed by atoms with Gasteiger partial charge in [-0.1, -0.05) is 0 Å². The molecular formula is C14H25NO3. The van der Waals surface area contributed by atoms with Gasteiger partial charge in [0, 0.05) is 6.54 Å². The van der Waals surface area contributed by atoms with Crippen molar-refractivity contribution < 1.29 is 14.6 Å². The van der Waals surface area contributed by atoms with Crippen LogP contribution in [0.4, 0.5) is 4.79 Å². The Morgan fingerprint density at radius 1 is 1.22 bits per heavy atom. The number of likely N-dealkylation sites (tertiary alicyclic amines) is 1. The number of nitrogens with zero attached hydrogens (tertiary/aromatic N) is 1. The van der Waals surface area contributed by atoms with Crippen molar-refractivity contribution in [2.75, 3.05) is 6.54 Å². The number of amides is 1. The van der Waals surface area contributed by atoms with Crippen molar-refractivity contribution in [2.24, 2.45) is 11.8 Å². The molecule has 0 bridgehead atoms. The third kappa shape index (κ3) is 2.48. The van der Waals surface area contributed by atoms with E-state index < -0.39 is 11.2 Å². The highest BCUT2D eigenvalue weighted by Gasteiger charge is 2.54. The van der Waals surface area contributed by atoms with E-state index in [-0.39, 0.29) is 12.1 Å². The van der Waals surface area contributed by atoms with Crippen LogP contribution in [-0.4, -0.2) is 39.9 Å². The lowest BCUT2D eigenvalue weighted by atomic mass is 9.70. The molecule has 1 N–H and O–H groups in total. The topological polar surface area (TPSA) is 49.8 Å². The van der Waals surface area contributed by atoms with Crippen molar-refractivity contribution in [2.45, 2.75) is 64.7 Å². The van der Waals surface area contributed by atoms with Crippen molar-refractivity contribution in [1.82, 2.24) is 4.90 Å². The minimum atomic E-state index is -0.864. The first kappa shape index (κ1) is 13.7. The summed E-state index contributed by atoms with van der Waals surface area (Å²) in [5.74, 6) is 0.992. The van der Waals surface area contributed by atoms with E-state index in [0.717, 1.165) is 19.4 Å². The van der Waals surface area contributed by atoms with E-state index in [0.29, 0.717) is 11.8 Å². The number of aliphatic hydroxyl groups is 1. The maximum absolute atomic E-state index is 12.2. The zero-order valence-corrected chi connectivity index (χ0v) is 12.1. The van der Waals surface area contributed by atoms with E-state index in [1.807, 2.05) is 20.8 Å². The minimum Gasteiger partial charge on any atom is -0.444 e. The maximum atomic E-state index is 12.2. The van der Waals surface area contributed by atoms with Crippen LogP contribution in [0.2, 0.25) is 0 Å². The van der Waals surface area contributed by atoms with Crippen molar-refractivity contribution in [3.05, 3.63) is 0 Å². The summed E-state index contributed by atoms with van der Waals surface area (Å²) in [7, 11) is 0. The molecule has 4 heteroatoms. The Kier molecular flexibility index (Phi) is 3.13. The normalized spacial score (nSPS) is 31.9. The van der Waals surface area contributed by atoms with E-state index >= 15 is 0 Å². The first-order chi connectivity index (χ1) is 8.09. The van der Waals surface area contributed by atoms with Crippen LogP contribution in [0.1, 0.15) is 47.5 Å². The summed E-state index contributed by atoms with van der Waals surface area (Å²) in [6, 6.07) is -0.105. The Morgan fingerprint density at radius 2 is 1.83 bits per heavy atom. The number of hydrogen-bond donors (Lipinski definition) is 1. The largest absolute Gasteiger partial charge is 0.444 e. The Labute approximate surface area is 109 Å². The summed E-state index contributed by atoms with van der Waals surface area (Å²) in [5, 5.41) is 10.3. The monoisotopic (exact) mass is 255 g/mol. The van der Waals surface area contributed by atoms with E-state index in [4.69, 9.17) is 4.74 Å². The van der Waals surface area contributed by atoms with Crippen LogP contribution in [0.15, 0.2) is 0 Å². The Bertz CT molecular complexity index is 340. The maximum Gasteiger partial charge on any atom is 0.410 e. The SMILES string of the molecule is CC(C)(C)OC(=O)N1CC2CCC2C1C(C)(C)O.